The van der Waals surface area contributed by atoms with Gasteiger partial charge < -0.3 is 10.3 Å². The molecule has 0 atom stereocenters. The lowest BCUT2D eigenvalue weighted by molar-refractivity contribution is 0.578. The van der Waals surface area contributed by atoms with Gasteiger partial charge in [0.15, 0.2) is 0 Å². The first kappa shape index (κ1) is 14.5. The van der Waals surface area contributed by atoms with Gasteiger partial charge in [-0.2, -0.15) is 0 Å². The van der Waals surface area contributed by atoms with Crippen LogP contribution in [0.2, 0.25) is 0 Å². The monoisotopic (exact) mass is 295 g/mol. The Hall–Kier alpha value is -1.93. The molecule has 0 fully saturated rings. The molecule has 0 aliphatic heterocycles. The Morgan fingerprint density at radius 2 is 2.15 bits per heavy atom. The van der Waals surface area contributed by atoms with Gasteiger partial charge in [0.2, 0.25) is 10.0 Å². The van der Waals surface area contributed by atoms with E-state index in [0.717, 1.165) is 5.82 Å². The number of aryl methyl sites for hydroxylation is 1. The molecule has 0 aromatic carbocycles. The van der Waals surface area contributed by atoms with Gasteiger partial charge in [0, 0.05) is 38.6 Å². The second-order valence-electron chi connectivity index (χ2n) is 4.14. The number of rotatable bonds is 7. The summed E-state index contributed by atoms with van der Waals surface area (Å²) in [6.07, 6.45) is 6.33. The van der Waals surface area contributed by atoms with Gasteiger partial charge in [0.1, 0.15) is 16.5 Å². The van der Waals surface area contributed by atoms with E-state index in [2.05, 4.69) is 25.0 Å². The number of nitrogens with one attached hydrogen (secondary N) is 3. The number of hydrogen-bond donors (Lipinski definition) is 3. The maximum absolute atomic E-state index is 12.2. The number of sulfonamides is 1. The van der Waals surface area contributed by atoms with Crippen LogP contribution >= 0.6 is 0 Å². The van der Waals surface area contributed by atoms with Crippen molar-refractivity contribution in [1.29, 1.82) is 0 Å². The maximum Gasteiger partial charge on any atom is 0.244 e. The molecule has 0 amide bonds. The SMILES string of the molecule is CNc1ncccc1S(=O)(=O)NCCCc1ncc[nH]1. The molecule has 20 heavy (non-hydrogen) atoms. The van der Waals surface area contributed by atoms with Crippen molar-refractivity contribution in [3.8, 4) is 0 Å². The Morgan fingerprint density at radius 3 is 2.85 bits per heavy atom. The van der Waals surface area contributed by atoms with Gasteiger partial charge in [0.05, 0.1) is 0 Å². The zero-order chi connectivity index (χ0) is 14.4. The second kappa shape index (κ2) is 6.49. The average Bonchev–Trinajstić information content (AvgIpc) is 2.97. The number of H-pyrrole nitrogens is 1. The van der Waals surface area contributed by atoms with E-state index in [-0.39, 0.29) is 4.90 Å². The van der Waals surface area contributed by atoms with E-state index in [4.69, 9.17) is 0 Å². The first-order valence-corrected chi connectivity index (χ1v) is 7.72. The molecular formula is C12H17N5O2S. The van der Waals surface area contributed by atoms with Crippen molar-refractivity contribution < 1.29 is 8.42 Å². The summed E-state index contributed by atoms with van der Waals surface area (Å²) in [4.78, 5) is 11.2. The highest BCUT2D eigenvalue weighted by Gasteiger charge is 2.17. The Morgan fingerprint density at radius 1 is 1.30 bits per heavy atom. The van der Waals surface area contributed by atoms with Crippen molar-refractivity contribution in [1.82, 2.24) is 19.7 Å². The molecule has 0 saturated heterocycles. The van der Waals surface area contributed by atoms with Gasteiger partial charge in [-0.05, 0) is 18.6 Å². The van der Waals surface area contributed by atoms with E-state index in [9.17, 15) is 8.42 Å². The number of hydrogen-bond acceptors (Lipinski definition) is 5. The van der Waals surface area contributed by atoms with E-state index < -0.39 is 10.0 Å². The molecule has 0 saturated carbocycles. The van der Waals surface area contributed by atoms with Crippen LogP contribution in [-0.2, 0) is 16.4 Å². The van der Waals surface area contributed by atoms with Crippen LogP contribution in [0.5, 0.6) is 0 Å². The summed E-state index contributed by atoms with van der Waals surface area (Å²) in [5.74, 6) is 1.19. The third-order valence-electron chi connectivity index (χ3n) is 2.73. The Balaban J connectivity index is 1.94. The quantitative estimate of drug-likeness (QED) is 0.655. The normalized spacial score (nSPS) is 11.4. The molecular weight excluding hydrogens is 278 g/mol. The van der Waals surface area contributed by atoms with Crippen molar-refractivity contribution in [2.75, 3.05) is 18.9 Å². The first-order valence-electron chi connectivity index (χ1n) is 6.24. The van der Waals surface area contributed by atoms with Crippen LogP contribution in [0.1, 0.15) is 12.2 Å². The van der Waals surface area contributed by atoms with Gasteiger partial charge in [-0.3, -0.25) is 0 Å². The fraction of sp³-hybridized carbons (Fsp3) is 0.333. The van der Waals surface area contributed by atoms with Crippen LogP contribution < -0.4 is 10.0 Å². The predicted octanol–water partition coefficient (Wildman–Crippen LogP) is 0.757. The van der Waals surface area contributed by atoms with E-state index in [1.165, 1.54) is 6.07 Å². The molecule has 0 aliphatic rings. The first-order chi connectivity index (χ1) is 9.63. The molecule has 0 spiro atoms. The molecule has 108 valence electrons. The molecule has 8 heteroatoms. The van der Waals surface area contributed by atoms with Gasteiger partial charge >= 0.3 is 0 Å². The smallest absolute Gasteiger partial charge is 0.244 e. The van der Waals surface area contributed by atoms with Gasteiger partial charge in [-0.15, -0.1) is 0 Å². The summed E-state index contributed by atoms with van der Waals surface area (Å²) in [5, 5.41) is 2.77. The van der Waals surface area contributed by atoms with Crippen LogP contribution in [0.3, 0.4) is 0 Å². The average molecular weight is 295 g/mol. The third kappa shape index (κ3) is 3.55. The topological polar surface area (TPSA) is 99.8 Å². The highest BCUT2D eigenvalue weighted by molar-refractivity contribution is 7.89. The van der Waals surface area contributed by atoms with Crippen LogP contribution in [0.25, 0.3) is 0 Å². The van der Waals surface area contributed by atoms with Crippen LogP contribution in [0, 0.1) is 0 Å². The molecule has 0 bridgehead atoms. The predicted molar refractivity (Wildman–Crippen MR) is 75.9 cm³/mol. The Bertz CT molecular complexity index is 640. The minimum atomic E-state index is -3.55. The zero-order valence-electron chi connectivity index (χ0n) is 11.1. The summed E-state index contributed by atoms with van der Waals surface area (Å²) in [7, 11) is -1.91. The standard InChI is InChI=1S/C12H17N5O2S/c1-13-12-10(4-2-6-16-12)20(18,19)17-7-3-5-11-14-8-9-15-11/h2,4,6,8-9,17H,3,5,7H2,1H3,(H,13,16)(H,14,15). The molecule has 2 aromatic rings. The summed E-state index contributed by atoms with van der Waals surface area (Å²) >= 11 is 0. The van der Waals surface area contributed by atoms with Crippen molar-refractivity contribution in [2.24, 2.45) is 0 Å². The number of anilines is 1. The molecule has 2 aromatic heterocycles. The van der Waals surface area contributed by atoms with E-state index in [1.807, 2.05) is 0 Å². The van der Waals surface area contributed by atoms with Crippen LogP contribution in [-0.4, -0.2) is 37.0 Å². The third-order valence-corrected chi connectivity index (χ3v) is 4.23. The summed E-state index contributed by atoms with van der Waals surface area (Å²) in [6.45, 7) is 0.348. The largest absolute Gasteiger partial charge is 0.372 e. The Labute approximate surface area is 117 Å². The summed E-state index contributed by atoms with van der Waals surface area (Å²) in [6, 6.07) is 3.12. The molecule has 7 nitrogen and oxygen atoms in total. The van der Waals surface area contributed by atoms with Gasteiger partial charge in [-0.25, -0.2) is 23.1 Å². The highest BCUT2D eigenvalue weighted by Crippen LogP contribution is 2.16. The van der Waals surface area contributed by atoms with Crippen molar-refractivity contribution >= 4 is 15.8 Å². The highest BCUT2D eigenvalue weighted by atomic mass is 32.2. The molecule has 0 radical (unpaired) electrons. The number of nitrogens with zero attached hydrogens (tertiary/aromatic N) is 2. The summed E-state index contributed by atoms with van der Waals surface area (Å²) < 4.78 is 26.9. The number of aromatic amines is 1. The van der Waals surface area contributed by atoms with Crippen molar-refractivity contribution in [3.63, 3.8) is 0 Å². The minimum Gasteiger partial charge on any atom is -0.372 e. The van der Waals surface area contributed by atoms with E-state index in [0.29, 0.717) is 25.2 Å². The van der Waals surface area contributed by atoms with Crippen LogP contribution in [0.4, 0.5) is 5.82 Å². The molecule has 2 heterocycles. The molecule has 0 aliphatic carbocycles. The fourth-order valence-corrected chi connectivity index (χ4v) is 3.01. The Kier molecular flexibility index (Phi) is 4.70. The van der Waals surface area contributed by atoms with Gasteiger partial charge in [0.25, 0.3) is 0 Å². The number of pyridine rings is 1. The minimum absolute atomic E-state index is 0.153. The van der Waals surface area contributed by atoms with Crippen molar-refractivity contribution in [2.45, 2.75) is 17.7 Å². The van der Waals surface area contributed by atoms with E-state index in [1.54, 1.807) is 31.7 Å². The van der Waals surface area contributed by atoms with Crippen LogP contribution in [0.15, 0.2) is 35.6 Å². The number of aromatic nitrogens is 3. The lowest BCUT2D eigenvalue weighted by atomic mass is 10.3. The molecule has 2 rings (SSSR count). The second-order valence-corrected chi connectivity index (χ2v) is 5.87. The fourth-order valence-electron chi connectivity index (χ4n) is 1.77. The zero-order valence-corrected chi connectivity index (χ0v) is 11.9. The molecule has 3 N–H and O–H groups in total. The lowest BCUT2D eigenvalue weighted by Crippen LogP contribution is -2.26. The summed E-state index contributed by atoms with van der Waals surface area (Å²) in [5.41, 5.74) is 0. The van der Waals surface area contributed by atoms with Gasteiger partial charge in [-0.1, -0.05) is 0 Å². The van der Waals surface area contributed by atoms with E-state index >= 15 is 0 Å². The molecule has 0 unspecified atom stereocenters. The lowest BCUT2D eigenvalue weighted by Gasteiger charge is -2.09. The van der Waals surface area contributed by atoms with Crippen molar-refractivity contribution in [3.05, 3.63) is 36.5 Å². The maximum atomic E-state index is 12.2. The number of imidazole rings is 1.